The molecule has 2 bridgehead atoms. The fraction of sp³-hybridized carbons (Fsp3) is 0.619. The summed E-state index contributed by atoms with van der Waals surface area (Å²) in [6, 6.07) is 8.41. The number of fused-ring (bicyclic) bond motifs is 1. The number of nitrogens with one attached hydrogen (secondary N) is 1. The van der Waals surface area contributed by atoms with Crippen molar-refractivity contribution in [2.45, 2.75) is 26.7 Å². The Kier molecular flexibility index (Phi) is 4.07. The summed E-state index contributed by atoms with van der Waals surface area (Å²) in [4.78, 5) is 4.24. The fourth-order valence-corrected chi connectivity index (χ4v) is 5.10. The molecular weight excluding hydrogens is 296 g/mol. The first-order valence-electron chi connectivity index (χ1n) is 9.50. The first-order chi connectivity index (χ1) is 11.6. The molecule has 130 valence electrons. The molecule has 0 spiro atoms. The van der Waals surface area contributed by atoms with E-state index < -0.39 is 0 Å². The lowest BCUT2D eigenvalue weighted by Crippen LogP contribution is -3.15. The molecule has 0 unspecified atom stereocenters. The van der Waals surface area contributed by atoms with Crippen LogP contribution in [-0.2, 0) is 0 Å². The SMILES string of the molecule is COc1ccccc1N1CC[NH+](CC2=CC[C@H]3C[C@@H]2C3(C)C)CC1. The van der Waals surface area contributed by atoms with Gasteiger partial charge >= 0.3 is 0 Å². The maximum Gasteiger partial charge on any atom is 0.142 e. The summed E-state index contributed by atoms with van der Waals surface area (Å²) < 4.78 is 5.53. The standard InChI is InChI=1S/C21H30N2O/c1-21(2)17-9-8-16(18(21)14-17)15-22-10-12-23(13-11-22)19-6-4-5-7-20(19)24-3/h4-8,17-18H,9-15H2,1-3H3/p+1/t17-,18-/m0/s1. The van der Waals surface area contributed by atoms with Gasteiger partial charge in [0.2, 0.25) is 0 Å². The van der Waals surface area contributed by atoms with Gasteiger partial charge in [0.1, 0.15) is 5.75 Å². The Bertz CT molecular complexity index is 628. The van der Waals surface area contributed by atoms with Crippen molar-refractivity contribution in [2.24, 2.45) is 17.3 Å². The van der Waals surface area contributed by atoms with Crippen molar-refractivity contribution in [3.05, 3.63) is 35.9 Å². The lowest BCUT2D eigenvalue weighted by molar-refractivity contribution is -0.896. The van der Waals surface area contributed by atoms with Gasteiger partial charge in [-0.2, -0.15) is 0 Å². The molecule has 1 aliphatic heterocycles. The van der Waals surface area contributed by atoms with Gasteiger partial charge in [0.15, 0.2) is 0 Å². The van der Waals surface area contributed by atoms with Crippen LogP contribution >= 0.6 is 0 Å². The molecule has 3 heteroatoms. The van der Waals surface area contributed by atoms with Crippen molar-refractivity contribution in [2.75, 3.05) is 44.7 Å². The van der Waals surface area contributed by atoms with Crippen molar-refractivity contribution < 1.29 is 9.64 Å². The largest absolute Gasteiger partial charge is 0.495 e. The molecule has 2 atom stereocenters. The zero-order chi connectivity index (χ0) is 16.7. The topological polar surface area (TPSA) is 16.9 Å². The third-order valence-corrected chi connectivity index (χ3v) is 6.93. The molecule has 1 heterocycles. The number of allylic oxidation sites excluding steroid dienone is 1. The third kappa shape index (κ3) is 2.63. The molecule has 1 aromatic rings. The van der Waals surface area contributed by atoms with Crippen molar-refractivity contribution in [1.29, 1.82) is 0 Å². The Labute approximate surface area is 146 Å². The summed E-state index contributed by atoms with van der Waals surface area (Å²) in [6.45, 7) is 10.9. The normalized spacial score (nSPS) is 29.0. The Morgan fingerprint density at radius 3 is 2.62 bits per heavy atom. The van der Waals surface area contributed by atoms with E-state index in [0.717, 1.165) is 30.7 Å². The molecule has 0 amide bonds. The van der Waals surface area contributed by atoms with E-state index in [4.69, 9.17) is 4.74 Å². The number of hydrogen-bond donors (Lipinski definition) is 1. The van der Waals surface area contributed by atoms with E-state index >= 15 is 0 Å². The van der Waals surface area contributed by atoms with Crippen LogP contribution in [0.15, 0.2) is 35.9 Å². The molecule has 1 aromatic carbocycles. The number of para-hydroxylation sites is 2. The van der Waals surface area contributed by atoms with E-state index in [2.05, 4.69) is 43.0 Å². The Morgan fingerprint density at radius 1 is 1.21 bits per heavy atom. The minimum absolute atomic E-state index is 0.558. The minimum atomic E-state index is 0.558. The van der Waals surface area contributed by atoms with Gasteiger partial charge in [0.25, 0.3) is 0 Å². The van der Waals surface area contributed by atoms with Crippen molar-refractivity contribution in [3.63, 3.8) is 0 Å². The highest BCUT2D eigenvalue weighted by Crippen LogP contribution is 2.58. The molecule has 4 aliphatic rings. The monoisotopic (exact) mass is 327 g/mol. The summed E-state index contributed by atoms with van der Waals surface area (Å²) in [6.07, 6.45) is 5.34. The van der Waals surface area contributed by atoms with Gasteiger partial charge in [-0.3, -0.25) is 0 Å². The maximum atomic E-state index is 5.53. The van der Waals surface area contributed by atoms with Gasteiger partial charge in [-0.1, -0.05) is 32.1 Å². The van der Waals surface area contributed by atoms with Gasteiger partial charge in [0, 0.05) is 0 Å². The predicted molar refractivity (Wildman–Crippen MR) is 98.8 cm³/mol. The fourth-order valence-electron chi connectivity index (χ4n) is 5.10. The van der Waals surface area contributed by atoms with Gasteiger partial charge in [-0.05, 0) is 47.8 Å². The molecule has 2 fully saturated rings. The second kappa shape index (κ2) is 6.11. The summed E-state index contributed by atoms with van der Waals surface area (Å²) in [5, 5.41) is 0. The van der Waals surface area contributed by atoms with Gasteiger partial charge in [0.05, 0.1) is 45.5 Å². The zero-order valence-electron chi connectivity index (χ0n) is 15.3. The van der Waals surface area contributed by atoms with Crippen LogP contribution in [-0.4, -0.2) is 39.8 Å². The Balaban J connectivity index is 1.36. The number of methoxy groups -OCH3 is 1. The van der Waals surface area contributed by atoms with Gasteiger partial charge in [-0.25, -0.2) is 0 Å². The Morgan fingerprint density at radius 2 is 1.96 bits per heavy atom. The molecule has 3 aliphatic carbocycles. The maximum absolute atomic E-state index is 5.53. The van der Waals surface area contributed by atoms with Gasteiger partial charge in [-0.15, -0.1) is 0 Å². The Hall–Kier alpha value is -1.48. The summed E-state index contributed by atoms with van der Waals surface area (Å²) in [5.41, 5.74) is 3.56. The number of benzene rings is 1. The predicted octanol–water partition coefficient (Wildman–Crippen LogP) is 2.39. The smallest absolute Gasteiger partial charge is 0.142 e. The van der Waals surface area contributed by atoms with Crippen molar-refractivity contribution in [3.8, 4) is 5.75 Å². The molecule has 3 nitrogen and oxygen atoms in total. The van der Waals surface area contributed by atoms with Crippen LogP contribution in [0.1, 0.15) is 26.7 Å². The number of piperazine rings is 1. The van der Waals surface area contributed by atoms with Gasteiger partial charge < -0.3 is 14.5 Å². The summed E-state index contributed by atoms with van der Waals surface area (Å²) in [7, 11) is 1.77. The number of rotatable bonds is 4. The lowest BCUT2D eigenvalue weighted by atomic mass is 9.49. The van der Waals surface area contributed by atoms with Crippen molar-refractivity contribution in [1.82, 2.24) is 0 Å². The van der Waals surface area contributed by atoms with E-state index in [9.17, 15) is 0 Å². The van der Waals surface area contributed by atoms with Crippen molar-refractivity contribution >= 4 is 5.69 Å². The summed E-state index contributed by atoms with van der Waals surface area (Å²) in [5.74, 6) is 2.80. The molecular formula is C21H31N2O+. The van der Waals surface area contributed by atoms with Crippen LogP contribution in [0.4, 0.5) is 5.69 Å². The molecule has 1 saturated heterocycles. The number of nitrogens with zero attached hydrogens (tertiary/aromatic N) is 1. The van der Waals surface area contributed by atoms with E-state index in [1.807, 2.05) is 6.07 Å². The zero-order valence-corrected chi connectivity index (χ0v) is 15.3. The number of quaternary nitrogens is 1. The van der Waals surface area contributed by atoms with Crippen LogP contribution in [0.5, 0.6) is 5.75 Å². The van der Waals surface area contributed by atoms with E-state index in [1.165, 1.54) is 38.2 Å². The molecule has 1 saturated carbocycles. The minimum Gasteiger partial charge on any atom is -0.495 e. The molecule has 24 heavy (non-hydrogen) atoms. The highest BCUT2D eigenvalue weighted by Gasteiger charge is 2.51. The van der Waals surface area contributed by atoms with Crippen LogP contribution in [0.3, 0.4) is 0 Å². The van der Waals surface area contributed by atoms with Crippen LogP contribution in [0.2, 0.25) is 0 Å². The van der Waals surface area contributed by atoms with E-state index in [0.29, 0.717) is 5.41 Å². The second-order valence-corrected chi connectivity index (χ2v) is 8.41. The van der Waals surface area contributed by atoms with Crippen LogP contribution < -0.4 is 14.5 Å². The molecule has 5 rings (SSSR count). The van der Waals surface area contributed by atoms with Crippen LogP contribution in [0, 0.1) is 17.3 Å². The average Bonchev–Trinajstić information content (AvgIpc) is 2.62. The highest BCUT2D eigenvalue weighted by atomic mass is 16.5. The first kappa shape index (κ1) is 16.0. The average molecular weight is 327 g/mol. The first-order valence-corrected chi connectivity index (χ1v) is 9.50. The van der Waals surface area contributed by atoms with Crippen LogP contribution in [0.25, 0.3) is 0 Å². The third-order valence-electron chi connectivity index (χ3n) is 6.93. The van der Waals surface area contributed by atoms with E-state index in [-0.39, 0.29) is 0 Å². The number of ether oxygens (including phenoxy) is 1. The summed E-state index contributed by atoms with van der Waals surface area (Å²) >= 11 is 0. The van der Waals surface area contributed by atoms with E-state index in [1.54, 1.807) is 17.6 Å². The second-order valence-electron chi connectivity index (χ2n) is 8.41. The number of hydrogen-bond acceptors (Lipinski definition) is 2. The molecule has 1 N–H and O–H groups in total. The number of anilines is 1. The molecule has 0 aromatic heterocycles. The molecule has 0 radical (unpaired) electrons. The highest BCUT2D eigenvalue weighted by molar-refractivity contribution is 5.58. The quantitative estimate of drug-likeness (QED) is 0.855. The lowest BCUT2D eigenvalue weighted by Gasteiger charge is -2.56.